The number of hydrogen-bond donors (Lipinski definition) is 0. The summed E-state index contributed by atoms with van der Waals surface area (Å²) in [5.41, 5.74) is 0.964. The first kappa shape index (κ1) is 10.4. The molecule has 0 spiro atoms. The van der Waals surface area contributed by atoms with Gasteiger partial charge in [0.05, 0.1) is 10.2 Å². The lowest BCUT2D eigenvalue weighted by Crippen LogP contribution is -2.12. The first-order valence-corrected chi connectivity index (χ1v) is 6.52. The summed E-state index contributed by atoms with van der Waals surface area (Å²) in [5.74, 6) is 0.601. The second kappa shape index (κ2) is 4.28. The number of thiophene rings is 1. The van der Waals surface area contributed by atoms with E-state index in [0.29, 0.717) is 11.1 Å². The number of aromatic nitrogens is 2. The van der Waals surface area contributed by atoms with Crippen molar-refractivity contribution in [2.45, 2.75) is 18.8 Å². The van der Waals surface area contributed by atoms with Gasteiger partial charge < -0.3 is 4.74 Å². The lowest BCUT2D eigenvalue weighted by Gasteiger charge is -2.20. The molecule has 0 atom stereocenters. The van der Waals surface area contributed by atoms with Crippen LogP contribution in [0.3, 0.4) is 0 Å². The zero-order chi connectivity index (χ0) is 11.0. The van der Waals surface area contributed by atoms with Crippen LogP contribution in [0.4, 0.5) is 0 Å². The van der Waals surface area contributed by atoms with Crippen LogP contribution in [0.25, 0.3) is 10.2 Å². The molecule has 3 heterocycles. The number of nitrogens with zero attached hydrogens (tertiary/aromatic N) is 2. The van der Waals surface area contributed by atoms with E-state index in [4.69, 9.17) is 16.3 Å². The molecule has 0 bridgehead atoms. The van der Waals surface area contributed by atoms with Gasteiger partial charge in [-0.05, 0) is 24.8 Å². The fraction of sp³-hybridized carbons (Fsp3) is 0.455. The number of halogens is 1. The van der Waals surface area contributed by atoms with Gasteiger partial charge in [-0.2, -0.15) is 0 Å². The highest BCUT2D eigenvalue weighted by Crippen LogP contribution is 2.36. The van der Waals surface area contributed by atoms with E-state index in [-0.39, 0.29) is 0 Å². The van der Waals surface area contributed by atoms with Gasteiger partial charge in [-0.15, -0.1) is 11.3 Å². The summed E-state index contributed by atoms with van der Waals surface area (Å²) in [5, 5.41) is 0.563. The van der Waals surface area contributed by atoms with E-state index in [1.165, 1.54) is 11.2 Å². The third kappa shape index (κ3) is 1.81. The van der Waals surface area contributed by atoms with E-state index in [2.05, 4.69) is 16.0 Å². The van der Waals surface area contributed by atoms with Gasteiger partial charge in [-0.1, -0.05) is 11.6 Å². The minimum Gasteiger partial charge on any atom is -0.381 e. The van der Waals surface area contributed by atoms with Gasteiger partial charge in [0.25, 0.3) is 0 Å². The highest BCUT2D eigenvalue weighted by molar-refractivity contribution is 7.19. The van der Waals surface area contributed by atoms with Crippen LogP contribution in [0.2, 0.25) is 5.15 Å². The molecule has 0 aromatic carbocycles. The zero-order valence-electron chi connectivity index (χ0n) is 8.65. The average Bonchev–Trinajstić information content (AvgIpc) is 2.76. The first-order valence-electron chi connectivity index (χ1n) is 5.32. The van der Waals surface area contributed by atoms with E-state index in [1.807, 2.05) is 0 Å². The topological polar surface area (TPSA) is 35.0 Å². The summed E-state index contributed by atoms with van der Waals surface area (Å²) in [6, 6.07) is 2.14. The van der Waals surface area contributed by atoms with Crippen LogP contribution in [-0.2, 0) is 4.74 Å². The van der Waals surface area contributed by atoms with Gasteiger partial charge >= 0.3 is 0 Å². The minimum absolute atomic E-state index is 0.563. The molecule has 0 aliphatic carbocycles. The largest absolute Gasteiger partial charge is 0.381 e. The van der Waals surface area contributed by atoms with Gasteiger partial charge in [0, 0.05) is 18.1 Å². The van der Waals surface area contributed by atoms with Crippen molar-refractivity contribution in [3.05, 3.63) is 22.4 Å². The molecule has 3 nitrogen and oxygen atoms in total. The van der Waals surface area contributed by atoms with Crippen LogP contribution in [0.1, 0.15) is 23.6 Å². The molecule has 1 aliphatic rings. The zero-order valence-corrected chi connectivity index (χ0v) is 10.2. The summed E-state index contributed by atoms with van der Waals surface area (Å²) in [4.78, 5) is 9.61. The third-order valence-electron chi connectivity index (χ3n) is 2.91. The van der Waals surface area contributed by atoms with E-state index < -0.39 is 0 Å². The van der Waals surface area contributed by atoms with Crippen LogP contribution < -0.4 is 0 Å². The maximum Gasteiger partial charge on any atom is 0.150 e. The van der Waals surface area contributed by atoms with Gasteiger partial charge in [-0.3, -0.25) is 0 Å². The van der Waals surface area contributed by atoms with Crippen LogP contribution in [-0.4, -0.2) is 23.2 Å². The van der Waals surface area contributed by atoms with Crippen molar-refractivity contribution in [1.29, 1.82) is 0 Å². The second-order valence-electron chi connectivity index (χ2n) is 3.91. The Morgan fingerprint density at radius 1 is 1.31 bits per heavy atom. The van der Waals surface area contributed by atoms with Gasteiger partial charge in [-0.25, -0.2) is 9.97 Å². The first-order chi connectivity index (χ1) is 7.84. The van der Waals surface area contributed by atoms with Gasteiger partial charge in [0.15, 0.2) is 0 Å². The predicted molar refractivity (Wildman–Crippen MR) is 65.2 cm³/mol. The molecule has 0 unspecified atom stereocenters. The van der Waals surface area contributed by atoms with Crippen molar-refractivity contribution in [3.8, 4) is 0 Å². The molecule has 84 valence electrons. The van der Waals surface area contributed by atoms with Crippen molar-refractivity contribution in [2.24, 2.45) is 0 Å². The molecule has 0 radical (unpaired) electrons. The summed E-state index contributed by atoms with van der Waals surface area (Å²) >= 11 is 7.76. The van der Waals surface area contributed by atoms with Crippen molar-refractivity contribution < 1.29 is 4.74 Å². The molecule has 2 aromatic rings. The van der Waals surface area contributed by atoms with Crippen molar-refractivity contribution in [1.82, 2.24) is 9.97 Å². The lowest BCUT2D eigenvalue weighted by atomic mass is 9.99. The summed E-state index contributed by atoms with van der Waals surface area (Å²) in [7, 11) is 0. The Bertz CT molecular complexity index is 508. The Kier molecular flexibility index (Phi) is 2.79. The van der Waals surface area contributed by atoms with E-state index in [9.17, 15) is 0 Å². The number of ether oxygens (including phenoxy) is 1. The highest BCUT2D eigenvalue weighted by atomic mass is 35.5. The Labute approximate surface area is 102 Å². The normalized spacial score (nSPS) is 18.1. The standard InChI is InChI=1S/C11H11ClN2OS/c12-11-10-8(13-6-14-11)5-9(16-10)7-1-3-15-4-2-7/h5-7H,1-4H2. The Hall–Kier alpha value is -0.710. The number of rotatable bonds is 1. The minimum atomic E-state index is 0.563. The van der Waals surface area contributed by atoms with Gasteiger partial charge in [0.1, 0.15) is 11.5 Å². The third-order valence-corrected chi connectivity index (χ3v) is 4.60. The van der Waals surface area contributed by atoms with Crippen molar-refractivity contribution in [3.63, 3.8) is 0 Å². The molecule has 5 heteroatoms. The molecule has 16 heavy (non-hydrogen) atoms. The average molecular weight is 255 g/mol. The fourth-order valence-corrected chi connectivity index (χ4v) is 3.45. The molecular formula is C11H11ClN2OS. The molecule has 0 amide bonds. The molecule has 1 saturated heterocycles. The quantitative estimate of drug-likeness (QED) is 0.733. The molecule has 1 fully saturated rings. The molecule has 1 aliphatic heterocycles. The molecule has 0 N–H and O–H groups in total. The van der Waals surface area contributed by atoms with E-state index >= 15 is 0 Å². The molecule has 2 aromatic heterocycles. The Morgan fingerprint density at radius 3 is 2.88 bits per heavy atom. The van der Waals surface area contributed by atoms with Crippen molar-refractivity contribution in [2.75, 3.05) is 13.2 Å². The van der Waals surface area contributed by atoms with Crippen molar-refractivity contribution >= 4 is 33.2 Å². The number of hydrogen-bond acceptors (Lipinski definition) is 4. The molecule has 3 rings (SSSR count). The van der Waals surface area contributed by atoms with Crippen LogP contribution in [0.15, 0.2) is 12.4 Å². The maximum atomic E-state index is 6.04. The van der Waals surface area contributed by atoms with Crippen LogP contribution in [0.5, 0.6) is 0 Å². The highest BCUT2D eigenvalue weighted by Gasteiger charge is 2.19. The van der Waals surface area contributed by atoms with Gasteiger partial charge in [0.2, 0.25) is 0 Å². The predicted octanol–water partition coefficient (Wildman–Crippen LogP) is 3.24. The Morgan fingerprint density at radius 2 is 2.12 bits per heavy atom. The van der Waals surface area contributed by atoms with E-state index in [0.717, 1.165) is 36.3 Å². The summed E-state index contributed by atoms with van der Waals surface area (Å²) < 4.78 is 6.37. The lowest BCUT2D eigenvalue weighted by molar-refractivity contribution is 0.0860. The monoisotopic (exact) mass is 254 g/mol. The molecule has 0 saturated carbocycles. The summed E-state index contributed by atoms with van der Waals surface area (Å²) in [6.45, 7) is 1.72. The van der Waals surface area contributed by atoms with Crippen LogP contribution in [0, 0.1) is 0 Å². The Balaban J connectivity index is 2.01. The SMILES string of the molecule is Clc1ncnc2cc(C3CCOCC3)sc12. The van der Waals surface area contributed by atoms with Crippen LogP contribution >= 0.6 is 22.9 Å². The summed E-state index contributed by atoms with van der Waals surface area (Å²) in [6.07, 6.45) is 3.71. The maximum absolute atomic E-state index is 6.04. The fourth-order valence-electron chi connectivity index (χ4n) is 2.03. The molecular weight excluding hydrogens is 244 g/mol. The smallest absolute Gasteiger partial charge is 0.150 e. The second-order valence-corrected chi connectivity index (χ2v) is 5.36. The number of fused-ring (bicyclic) bond motifs is 1. The van der Waals surface area contributed by atoms with E-state index in [1.54, 1.807) is 11.3 Å².